The average Bonchev–Trinajstić information content (AvgIpc) is 3.47. The third-order valence-corrected chi connectivity index (χ3v) is 13.5. The Morgan fingerprint density at radius 2 is 1.46 bits per heavy atom. The number of halogens is 1. The minimum absolute atomic E-state index is 0. The van der Waals surface area contributed by atoms with E-state index in [1.165, 1.54) is 11.1 Å². The van der Waals surface area contributed by atoms with E-state index in [1.807, 2.05) is 24.3 Å². The van der Waals surface area contributed by atoms with Crippen LogP contribution in [0.5, 0.6) is 0 Å². The predicted octanol–water partition coefficient (Wildman–Crippen LogP) is 6.54. The summed E-state index contributed by atoms with van der Waals surface area (Å²) in [6.45, 7) is 9.56. The number of benzene rings is 4. The fraction of sp³-hybridized carbons (Fsp3) is 0.341. The molecule has 0 spiro atoms. The molecule has 0 aromatic heterocycles. The monoisotopic (exact) mass is 822 g/mol. The number of hydrogen-bond donors (Lipinski definition) is 1. The molecule has 0 saturated heterocycles. The van der Waals surface area contributed by atoms with Gasteiger partial charge in [0.15, 0.2) is 5.71 Å². The van der Waals surface area contributed by atoms with Gasteiger partial charge in [-0.05, 0) is 96.0 Å². The van der Waals surface area contributed by atoms with Gasteiger partial charge in [0, 0.05) is 58.3 Å². The second-order valence-corrected chi connectivity index (χ2v) is 19.3. The van der Waals surface area contributed by atoms with Crippen molar-refractivity contribution in [2.24, 2.45) is 0 Å². The van der Waals surface area contributed by atoms with Crippen molar-refractivity contribution in [3.63, 3.8) is 0 Å². The Balaban J connectivity index is 0.00000310. The first kappa shape index (κ1) is 42.5. The zero-order chi connectivity index (χ0) is 39.3. The summed E-state index contributed by atoms with van der Waals surface area (Å²) in [6, 6.07) is 24.9. The minimum atomic E-state index is -4.35. The van der Waals surface area contributed by atoms with E-state index in [4.69, 9.17) is 11.6 Å². The summed E-state index contributed by atoms with van der Waals surface area (Å²) in [6.07, 6.45) is 11.4. The van der Waals surface area contributed by atoms with Crippen LogP contribution in [0.3, 0.4) is 0 Å². The predicted molar refractivity (Wildman–Crippen MR) is 224 cm³/mol. The average molecular weight is 823 g/mol. The summed E-state index contributed by atoms with van der Waals surface area (Å²) in [4.78, 5) is 2.18. The smallest absolute Gasteiger partial charge is 1.00 e. The molecule has 1 aliphatic carbocycles. The van der Waals surface area contributed by atoms with E-state index < -0.39 is 36.8 Å². The van der Waals surface area contributed by atoms with Gasteiger partial charge in [-0.3, -0.25) is 4.55 Å². The number of fused-ring (bicyclic) bond motifs is 6. The first-order chi connectivity index (χ1) is 26.0. The molecule has 56 heavy (non-hydrogen) atoms. The molecule has 0 fully saturated rings. The van der Waals surface area contributed by atoms with Crippen molar-refractivity contribution < 1.29 is 61.5 Å². The van der Waals surface area contributed by atoms with Crippen LogP contribution in [0.25, 0.3) is 21.5 Å². The summed E-state index contributed by atoms with van der Waals surface area (Å²) in [5, 5.41) is 5.24. The number of nitrogens with zero attached hydrogens (tertiary/aromatic N) is 2. The van der Waals surface area contributed by atoms with Gasteiger partial charge in [0.1, 0.15) is 6.54 Å². The van der Waals surface area contributed by atoms with E-state index >= 15 is 0 Å². The van der Waals surface area contributed by atoms with Gasteiger partial charge in [-0.25, -0.2) is 8.42 Å². The molecule has 0 atom stereocenters. The zero-order valence-corrected chi connectivity index (χ0v) is 37.1. The van der Waals surface area contributed by atoms with Crippen LogP contribution >= 0.6 is 11.6 Å². The van der Waals surface area contributed by atoms with Crippen molar-refractivity contribution in [1.82, 2.24) is 0 Å². The molecule has 2 heterocycles. The molecular formula is C44H48ClN2NaO6S2. The molecule has 7 rings (SSSR count). The minimum Gasteiger partial charge on any atom is -1.00 e. The third-order valence-electron chi connectivity index (χ3n) is 11.4. The van der Waals surface area contributed by atoms with E-state index in [1.54, 1.807) is 0 Å². The van der Waals surface area contributed by atoms with Gasteiger partial charge >= 0.3 is 29.6 Å². The van der Waals surface area contributed by atoms with Crippen molar-refractivity contribution in [3.05, 3.63) is 130 Å². The van der Waals surface area contributed by atoms with Crippen LogP contribution in [0.2, 0.25) is 0 Å². The molecule has 8 nitrogen and oxygen atoms in total. The first-order valence-electron chi connectivity index (χ1n) is 18.8. The Labute approximate surface area is 359 Å². The van der Waals surface area contributed by atoms with Crippen molar-refractivity contribution in [3.8, 4) is 0 Å². The van der Waals surface area contributed by atoms with Gasteiger partial charge < -0.3 is 10.9 Å². The molecule has 290 valence electrons. The van der Waals surface area contributed by atoms with Crippen LogP contribution in [0.4, 0.5) is 11.4 Å². The summed E-state index contributed by atoms with van der Waals surface area (Å²) in [5.41, 5.74) is 7.62. The van der Waals surface area contributed by atoms with Crippen molar-refractivity contribution in [2.45, 2.75) is 70.6 Å². The van der Waals surface area contributed by atoms with Gasteiger partial charge in [-0.15, -0.1) is 0 Å². The standard InChI is InChI=1S/C44H47ClN2O6S2.Na.H/c1-43(2)38(46(26-10-28-54(48,49)50)36-22-18-30-12-5-7-16-34(30)40(36)43)24-20-32-14-9-15-33(42(32)45)21-25-39-44(3,4)41-35-17-8-6-13-31(35)19-23-37(41)47(39)27-11-29-55(51,52)53;;/h5-8,12-13,16-25H,9-11,14-15,26-29H2,1-4H3,(H-,48,49,50,51,52,53);;/q;+1;-1. The SMILES string of the molecule is CC1(C)C(=CC=C2CCCC(C=CC3=[N+](CCCS(=O)(=O)[O-])c4ccc5ccccc5c4C3(C)C)=C2Cl)N(CCCS(=O)(=O)O)c2ccc3ccccc3c21.[H-].[Na+]. The summed E-state index contributed by atoms with van der Waals surface area (Å²) >= 11 is 7.24. The molecule has 1 N–H and O–H groups in total. The van der Waals surface area contributed by atoms with E-state index in [0.29, 0.717) is 18.1 Å². The second kappa shape index (κ2) is 16.3. The molecule has 4 aromatic carbocycles. The molecule has 12 heteroatoms. The van der Waals surface area contributed by atoms with Crippen LogP contribution in [-0.2, 0) is 31.1 Å². The van der Waals surface area contributed by atoms with Crippen LogP contribution in [0, 0.1) is 0 Å². The second-order valence-electron chi connectivity index (χ2n) is 15.8. The van der Waals surface area contributed by atoms with Crippen LogP contribution in [0.1, 0.15) is 72.4 Å². The summed E-state index contributed by atoms with van der Waals surface area (Å²) in [7, 11) is -8.46. The Bertz CT molecular complexity index is 2610. The maximum Gasteiger partial charge on any atom is 1.00 e. The maximum absolute atomic E-state index is 11.7. The zero-order valence-electron chi connectivity index (χ0n) is 33.7. The van der Waals surface area contributed by atoms with E-state index in [-0.39, 0.29) is 49.6 Å². The van der Waals surface area contributed by atoms with E-state index in [0.717, 1.165) is 74.7 Å². The molecule has 4 aromatic rings. The molecule has 3 aliphatic rings. The van der Waals surface area contributed by atoms with Crippen LogP contribution < -0.4 is 34.5 Å². The Morgan fingerprint density at radius 1 is 0.821 bits per heavy atom. The third kappa shape index (κ3) is 8.41. The van der Waals surface area contributed by atoms with Gasteiger partial charge in [0.25, 0.3) is 10.1 Å². The van der Waals surface area contributed by atoms with Gasteiger partial charge in [-0.2, -0.15) is 13.0 Å². The van der Waals surface area contributed by atoms with Gasteiger partial charge in [0.2, 0.25) is 5.69 Å². The number of allylic oxidation sites excluding steroid dienone is 8. The molecule has 0 amide bonds. The van der Waals surface area contributed by atoms with Crippen molar-refractivity contribution >= 4 is 70.5 Å². The summed E-state index contributed by atoms with van der Waals surface area (Å²) < 4.78 is 69.7. The van der Waals surface area contributed by atoms with E-state index in [2.05, 4.69) is 110 Å². The topological polar surface area (TPSA) is 118 Å². The van der Waals surface area contributed by atoms with Crippen molar-refractivity contribution in [1.29, 1.82) is 0 Å². The Morgan fingerprint density at radius 3 is 2.12 bits per heavy atom. The maximum atomic E-state index is 11.7. The number of rotatable bonds is 11. The molecule has 2 aliphatic heterocycles. The normalized spacial score (nSPS) is 19.4. The Kier molecular flexibility index (Phi) is 12.4. The molecular weight excluding hydrogens is 775 g/mol. The quantitative estimate of drug-likeness (QED) is 0.104. The van der Waals surface area contributed by atoms with Crippen molar-refractivity contribution in [2.75, 3.05) is 29.5 Å². The fourth-order valence-electron chi connectivity index (χ4n) is 8.92. The first-order valence-corrected chi connectivity index (χ1v) is 22.4. The molecule has 0 radical (unpaired) electrons. The van der Waals surface area contributed by atoms with Crippen LogP contribution in [0.15, 0.2) is 119 Å². The number of hydrogen-bond acceptors (Lipinski definition) is 6. The van der Waals surface area contributed by atoms with Gasteiger partial charge in [-0.1, -0.05) is 92.2 Å². The number of anilines is 1. The van der Waals surface area contributed by atoms with E-state index in [9.17, 15) is 25.9 Å². The van der Waals surface area contributed by atoms with Crippen LogP contribution in [-0.4, -0.2) is 60.8 Å². The molecule has 0 bridgehead atoms. The molecule has 0 unspecified atom stereocenters. The Hall–Kier alpha value is -3.06. The largest absolute Gasteiger partial charge is 1.00 e. The molecule has 0 saturated carbocycles. The fourth-order valence-corrected chi connectivity index (χ4v) is 10.2. The summed E-state index contributed by atoms with van der Waals surface area (Å²) in [5.74, 6) is -0.752. The van der Waals surface area contributed by atoms with Gasteiger partial charge in [0.05, 0.1) is 21.3 Å².